The van der Waals surface area contributed by atoms with Gasteiger partial charge >= 0.3 is 5.97 Å². The standard InChI is InChI=1S/C10H16N4O3S/c1-3-17-10(15)6-18-9-4-7(14-11)12-8(13-9)5-16-2/h4H,3,5-6,11H2,1-2H3,(H,12,13,14). The van der Waals surface area contributed by atoms with Crippen molar-refractivity contribution in [2.24, 2.45) is 5.84 Å². The maximum atomic E-state index is 11.2. The van der Waals surface area contributed by atoms with Gasteiger partial charge in [-0.25, -0.2) is 15.8 Å². The highest BCUT2D eigenvalue weighted by Gasteiger charge is 2.08. The molecule has 0 unspecified atom stereocenters. The van der Waals surface area contributed by atoms with Gasteiger partial charge in [-0.15, -0.1) is 0 Å². The molecular formula is C10H16N4O3S. The second kappa shape index (κ2) is 7.85. The van der Waals surface area contributed by atoms with Crippen molar-refractivity contribution in [3.63, 3.8) is 0 Å². The molecule has 0 bridgehead atoms. The van der Waals surface area contributed by atoms with E-state index < -0.39 is 0 Å². The number of methoxy groups -OCH3 is 1. The molecule has 0 spiro atoms. The van der Waals surface area contributed by atoms with Crippen molar-refractivity contribution >= 4 is 23.5 Å². The molecule has 0 aliphatic carbocycles. The monoisotopic (exact) mass is 272 g/mol. The Morgan fingerprint density at radius 2 is 2.33 bits per heavy atom. The molecule has 0 fully saturated rings. The number of ether oxygens (including phenoxy) is 2. The van der Waals surface area contributed by atoms with Gasteiger partial charge in [0.05, 0.1) is 12.4 Å². The van der Waals surface area contributed by atoms with E-state index in [9.17, 15) is 4.79 Å². The van der Waals surface area contributed by atoms with Crippen LogP contribution in [0.25, 0.3) is 0 Å². The lowest BCUT2D eigenvalue weighted by Gasteiger charge is -2.06. The van der Waals surface area contributed by atoms with Crippen LogP contribution < -0.4 is 11.3 Å². The quantitative estimate of drug-likeness (QED) is 0.244. The fourth-order valence-electron chi connectivity index (χ4n) is 1.15. The number of carbonyl (C=O) groups excluding carboxylic acids is 1. The van der Waals surface area contributed by atoms with Crippen molar-refractivity contribution in [1.29, 1.82) is 0 Å². The third-order valence-electron chi connectivity index (χ3n) is 1.81. The number of aromatic nitrogens is 2. The Hall–Kier alpha value is -1.38. The first-order valence-corrected chi connectivity index (χ1v) is 6.30. The maximum Gasteiger partial charge on any atom is 0.316 e. The molecule has 0 atom stereocenters. The summed E-state index contributed by atoms with van der Waals surface area (Å²) in [5.41, 5.74) is 2.44. The normalized spacial score (nSPS) is 10.2. The predicted octanol–water partition coefficient (Wildman–Crippen LogP) is 0.564. The summed E-state index contributed by atoms with van der Waals surface area (Å²) in [6.45, 7) is 2.41. The van der Waals surface area contributed by atoms with E-state index in [1.54, 1.807) is 20.1 Å². The highest BCUT2D eigenvalue weighted by molar-refractivity contribution is 7.99. The molecule has 0 saturated heterocycles. The van der Waals surface area contributed by atoms with E-state index in [1.807, 2.05) is 0 Å². The van der Waals surface area contributed by atoms with Gasteiger partial charge in [0.15, 0.2) is 5.82 Å². The zero-order valence-corrected chi connectivity index (χ0v) is 11.1. The van der Waals surface area contributed by atoms with Crippen LogP contribution in [0.15, 0.2) is 11.1 Å². The molecule has 1 rings (SSSR count). The lowest BCUT2D eigenvalue weighted by Crippen LogP contribution is -2.12. The van der Waals surface area contributed by atoms with Crippen molar-refractivity contribution in [3.8, 4) is 0 Å². The lowest BCUT2D eigenvalue weighted by molar-refractivity contribution is -0.139. The molecule has 0 radical (unpaired) electrons. The molecular weight excluding hydrogens is 256 g/mol. The molecule has 3 N–H and O–H groups in total. The van der Waals surface area contributed by atoms with Crippen LogP contribution in [0.4, 0.5) is 5.82 Å². The van der Waals surface area contributed by atoms with Crippen molar-refractivity contribution in [2.45, 2.75) is 18.6 Å². The van der Waals surface area contributed by atoms with Crippen LogP contribution in [0.2, 0.25) is 0 Å². The number of hydrogen-bond donors (Lipinski definition) is 2. The molecule has 0 aromatic carbocycles. The van der Waals surface area contributed by atoms with Crippen LogP contribution in [0.3, 0.4) is 0 Å². The number of anilines is 1. The van der Waals surface area contributed by atoms with Gasteiger partial charge < -0.3 is 14.9 Å². The summed E-state index contributed by atoms with van der Waals surface area (Å²) in [6.07, 6.45) is 0. The van der Waals surface area contributed by atoms with E-state index in [0.29, 0.717) is 23.3 Å². The van der Waals surface area contributed by atoms with Gasteiger partial charge in [0.2, 0.25) is 0 Å². The van der Waals surface area contributed by atoms with E-state index in [4.69, 9.17) is 15.3 Å². The Morgan fingerprint density at radius 3 is 2.94 bits per heavy atom. The van der Waals surface area contributed by atoms with Gasteiger partial charge in [-0.2, -0.15) is 0 Å². The fourth-order valence-corrected chi connectivity index (χ4v) is 1.86. The first kappa shape index (κ1) is 14.7. The number of nitrogen functional groups attached to an aromatic ring is 1. The van der Waals surface area contributed by atoms with Crippen LogP contribution >= 0.6 is 11.8 Å². The lowest BCUT2D eigenvalue weighted by atomic mass is 10.5. The van der Waals surface area contributed by atoms with Crippen molar-refractivity contribution < 1.29 is 14.3 Å². The third-order valence-corrected chi connectivity index (χ3v) is 2.70. The molecule has 8 heteroatoms. The van der Waals surface area contributed by atoms with E-state index >= 15 is 0 Å². The molecule has 0 aliphatic heterocycles. The molecule has 7 nitrogen and oxygen atoms in total. The Kier molecular flexibility index (Phi) is 6.40. The first-order chi connectivity index (χ1) is 8.69. The highest BCUT2D eigenvalue weighted by Crippen LogP contribution is 2.18. The number of nitrogens with one attached hydrogen (secondary N) is 1. The third kappa shape index (κ3) is 4.86. The first-order valence-electron chi connectivity index (χ1n) is 5.31. The summed E-state index contributed by atoms with van der Waals surface area (Å²) in [7, 11) is 1.55. The molecule has 1 aromatic heterocycles. The minimum atomic E-state index is -0.281. The van der Waals surface area contributed by atoms with Gasteiger partial charge in [0.1, 0.15) is 17.5 Å². The van der Waals surface area contributed by atoms with Crippen LogP contribution in [-0.4, -0.2) is 35.4 Å². The highest BCUT2D eigenvalue weighted by atomic mass is 32.2. The van der Waals surface area contributed by atoms with Gasteiger partial charge in [0, 0.05) is 13.2 Å². The zero-order valence-electron chi connectivity index (χ0n) is 10.3. The Morgan fingerprint density at radius 1 is 1.56 bits per heavy atom. The number of rotatable bonds is 7. The predicted molar refractivity (Wildman–Crippen MR) is 67.9 cm³/mol. The molecule has 1 aromatic rings. The summed E-state index contributed by atoms with van der Waals surface area (Å²) in [6, 6.07) is 1.66. The van der Waals surface area contributed by atoms with Gasteiger partial charge in [-0.1, -0.05) is 11.8 Å². The van der Waals surface area contributed by atoms with Gasteiger partial charge in [-0.3, -0.25) is 4.79 Å². The average molecular weight is 272 g/mol. The molecule has 18 heavy (non-hydrogen) atoms. The number of hydrogen-bond acceptors (Lipinski definition) is 8. The van der Waals surface area contributed by atoms with Crippen LogP contribution in [0.5, 0.6) is 0 Å². The maximum absolute atomic E-state index is 11.2. The number of hydrazine groups is 1. The second-order valence-electron chi connectivity index (χ2n) is 3.18. The molecule has 0 aliphatic rings. The zero-order chi connectivity index (χ0) is 13.4. The molecule has 100 valence electrons. The van der Waals surface area contributed by atoms with Crippen molar-refractivity contribution in [2.75, 3.05) is 24.9 Å². The van der Waals surface area contributed by atoms with E-state index in [2.05, 4.69) is 15.4 Å². The largest absolute Gasteiger partial charge is 0.465 e. The second-order valence-corrected chi connectivity index (χ2v) is 4.17. The minimum Gasteiger partial charge on any atom is -0.465 e. The smallest absolute Gasteiger partial charge is 0.316 e. The summed E-state index contributed by atoms with van der Waals surface area (Å²) < 4.78 is 9.78. The molecule has 0 amide bonds. The number of carbonyl (C=O) groups is 1. The van der Waals surface area contributed by atoms with E-state index in [0.717, 1.165) is 0 Å². The van der Waals surface area contributed by atoms with Crippen molar-refractivity contribution in [1.82, 2.24) is 9.97 Å². The number of thioether (sulfide) groups is 1. The minimum absolute atomic E-state index is 0.196. The Labute approximate surface area is 109 Å². The summed E-state index contributed by atoms with van der Waals surface area (Å²) in [4.78, 5) is 19.6. The van der Waals surface area contributed by atoms with Gasteiger partial charge in [0.25, 0.3) is 0 Å². The Bertz CT molecular complexity index is 403. The average Bonchev–Trinajstić information content (AvgIpc) is 2.37. The SMILES string of the molecule is CCOC(=O)CSc1cc(NN)nc(COC)n1. The number of esters is 1. The van der Waals surface area contributed by atoms with Gasteiger partial charge in [-0.05, 0) is 6.92 Å². The Balaban J connectivity index is 2.68. The fraction of sp³-hybridized carbons (Fsp3) is 0.500. The topological polar surface area (TPSA) is 99.4 Å². The van der Waals surface area contributed by atoms with E-state index in [-0.39, 0.29) is 18.3 Å². The van der Waals surface area contributed by atoms with Crippen LogP contribution in [0.1, 0.15) is 12.7 Å². The van der Waals surface area contributed by atoms with Crippen molar-refractivity contribution in [3.05, 3.63) is 11.9 Å². The summed E-state index contributed by atoms with van der Waals surface area (Å²) in [5, 5.41) is 0.637. The number of nitrogens with zero attached hydrogens (tertiary/aromatic N) is 2. The number of nitrogens with two attached hydrogens (primary N) is 1. The molecule has 0 saturated carbocycles. The van der Waals surface area contributed by atoms with Crippen LogP contribution in [-0.2, 0) is 20.9 Å². The summed E-state index contributed by atoms with van der Waals surface area (Å²) >= 11 is 1.26. The molecule has 1 heterocycles. The van der Waals surface area contributed by atoms with Crippen LogP contribution in [0, 0.1) is 0 Å². The summed E-state index contributed by atoms with van der Waals surface area (Å²) in [5.74, 6) is 6.20. The van der Waals surface area contributed by atoms with E-state index in [1.165, 1.54) is 11.8 Å².